The Balaban J connectivity index is 1.30. The van der Waals surface area contributed by atoms with E-state index in [0.717, 1.165) is 10.9 Å². The van der Waals surface area contributed by atoms with Gasteiger partial charge in [0.1, 0.15) is 71.9 Å². The quantitative estimate of drug-likeness (QED) is 0.0148. The third-order valence-electron chi connectivity index (χ3n) is 17.1. The number of carbonyl (C=O) groups excluding carboxylic acids is 9. The first-order valence-electron chi connectivity index (χ1n) is 33.7. The Morgan fingerprint density at radius 2 is 0.851 bits per heavy atom. The van der Waals surface area contributed by atoms with Crippen molar-refractivity contribution in [3.8, 4) is 11.5 Å². The van der Waals surface area contributed by atoms with Crippen molar-refractivity contribution < 1.29 is 68.4 Å². The van der Waals surface area contributed by atoms with Gasteiger partial charge in [-0.3, -0.25) is 48.1 Å². The number of phenolic OH excluding ortho intramolecular Hbond substituents is 2. The number of carboxylic acid groups (broad SMARTS) is 1. The molecule has 28 nitrogen and oxygen atoms in total. The molecule has 0 aliphatic heterocycles. The minimum atomic E-state index is -1.53. The number of guanidine groups is 1. The Morgan fingerprint density at radius 3 is 1.29 bits per heavy atom. The number of phenols is 2. The minimum absolute atomic E-state index is 0.00596. The number of nitrogens with one attached hydrogen (secondary N) is 10. The summed E-state index contributed by atoms with van der Waals surface area (Å²) < 4.78 is 0. The number of aliphatic hydroxyl groups is 1. The first kappa shape index (κ1) is 79.1. The van der Waals surface area contributed by atoms with Crippen LogP contribution < -0.4 is 65.1 Å². The van der Waals surface area contributed by atoms with Crippen LogP contribution >= 0.6 is 0 Å². The van der Waals surface area contributed by atoms with Crippen LogP contribution in [-0.2, 0) is 80.0 Å². The Bertz CT molecular complexity index is 3780. The molecule has 20 N–H and O–H groups in total. The summed E-state index contributed by atoms with van der Waals surface area (Å²) in [5.41, 5.74) is 20.7. The fourth-order valence-electron chi connectivity index (χ4n) is 11.2. The minimum Gasteiger partial charge on any atom is -0.508 e. The van der Waals surface area contributed by atoms with Crippen LogP contribution in [0.3, 0.4) is 0 Å². The summed E-state index contributed by atoms with van der Waals surface area (Å²) in [6, 6.07) is 22.2. The van der Waals surface area contributed by atoms with Gasteiger partial charge in [-0.15, -0.1) is 0 Å². The number of aliphatic imine (C=N–C) groups is 1. The summed E-state index contributed by atoms with van der Waals surface area (Å²) in [4.78, 5) is 151. The first-order valence-corrected chi connectivity index (χ1v) is 33.7. The Morgan fingerprint density at radius 1 is 0.465 bits per heavy atom. The summed E-state index contributed by atoms with van der Waals surface area (Å²) in [6.07, 6.45) is 1.20. The van der Waals surface area contributed by atoms with Gasteiger partial charge in [-0.2, -0.15) is 0 Å². The Kier molecular flexibility index (Phi) is 30.6. The van der Waals surface area contributed by atoms with Crippen LogP contribution in [0.15, 0.2) is 145 Å². The predicted octanol–water partition coefficient (Wildman–Crippen LogP) is 1.66. The molecule has 0 saturated heterocycles. The highest BCUT2D eigenvalue weighted by Crippen LogP contribution is 2.22. The van der Waals surface area contributed by atoms with E-state index in [4.69, 9.17) is 17.2 Å². The smallest absolute Gasteiger partial charge is 0.326 e. The number of rotatable bonds is 39. The van der Waals surface area contributed by atoms with E-state index in [1.54, 1.807) is 114 Å². The second-order valence-electron chi connectivity index (χ2n) is 25.9. The van der Waals surface area contributed by atoms with Gasteiger partial charge >= 0.3 is 5.97 Å². The number of hydrogen-bond acceptors (Lipinski definition) is 15. The molecule has 101 heavy (non-hydrogen) atoms. The summed E-state index contributed by atoms with van der Waals surface area (Å²) >= 11 is 0. The Hall–Kier alpha value is -10.9. The number of benzene rings is 5. The Labute approximate surface area is 586 Å². The maximum absolute atomic E-state index is 15.1. The number of carbonyl (C=O) groups is 10. The number of aromatic nitrogens is 1. The maximum atomic E-state index is 15.1. The topological polar surface area (TPSA) is 466 Å². The van der Waals surface area contributed by atoms with Crippen molar-refractivity contribution in [2.45, 2.75) is 160 Å². The van der Waals surface area contributed by atoms with Crippen molar-refractivity contribution in [1.29, 1.82) is 0 Å². The number of fused-ring (bicyclic) bond motifs is 1. The van der Waals surface area contributed by atoms with Crippen LogP contribution in [0, 0.1) is 17.8 Å². The van der Waals surface area contributed by atoms with E-state index in [2.05, 4.69) is 57.8 Å². The summed E-state index contributed by atoms with van der Waals surface area (Å²) in [5, 5.41) is 65.5. The van der Waals surface area contributed by atoms with Gasteiger partial charge in [0.05, 0.1) is 6.61 Å². The van der Waals surface area contributed by atoms with E-state index >= 15 is 9.59 Å². The summed E-state index contributed by atoms with van der Waals surface area (Å²) in [5.74, 6) is -10.8. The fourth-order valence-corrected chi connectivity index (χ4v) is 11.2. The molecular formula is C73H96N14O14. The number of para-hydroxylation sites is 1. The van der Waals surface area contributed by atoms with Gasteiger partial charge in [-0.25, -0.2) is 4.79 Å². The molecule has 9 amide bonds. The molecular weight excluding hydrogens is 1300 g/mol. The van der Waals surface area contributed by atoms with Gasteiger partial charge < -0.3 is 90.5 Å². The lowest BCUT2D eigenvalue weighted by Crippen LogP contribution is -2.62. The zero-order valence-electron chi connectivity index (χ0n) is 57.6. The highest BCUT2D eigenvalue weighted by atomic mass is 16.4. The second kappa shape index (κ2) is 39.1. The molecule has 0 saturated carbocycles. The summed E-state index contributed by atoms with van der Waals surface area (Å²) in [6.45, 7) is 9.55. The molecule has 1 heterocycles. The molecule has 542 valence electrons. The van der Waals surface area contributed by atoms with Crippen molar-refractivity contribution in [3.63, 3.8) is 0 Å². The van der Waals surface area contributed by atoms with Crippen molar-refractivity contribution in [2.75, 3.05) is 13.2 Å². The number of amides is 9. The standard InChI is InChI=1S/C73H96N14O14/c1-7-43(6)62(87-69(97)59(37-47-26-30-50(90)31-27-47)83-66(94)56(80-63(91)52(74)40-88)34-44-17-10-8-11-18-44)71(99)85-55(33-41(2)3)65(93)79-54(23-16-32-77-73(75)76)64(92)81-58(36-46-24-28-49(89)29-25-46)67(95)82-57(35-45-19-12-9-13-20-45)68(96)84-60(70(98)86-61(42(4)5)72(100)101)38-48-39-78-53-22-15-14-21-51(48)53/h8-15,17-22,24-31,39,41-43,52,54-62,78,88-90H,7,16,23,32-38,40,74H2,1-6H3,(H,79,93)(H,80,91)(H,81,92)(H,82,95)(H,83,94)(H,84,96)(H,85,99)(H,86,98)(H,87,97)(H,100,101)(H4,75,76,77)/t43-,52-,54-,55-,56-,57-,58-,59-,60-,61-,62-/m0/s1. The van der Waals surface area contributed by atoms with Crippen LogP contribution in [0.2, 0.25) is 0 Å². The second-order valence-corrected chi connectivity index (χ2v) is 25.9. The maximum Gasteiger partial charge on any atom is 0.326 e. The largest absolute Gasteiger partial charge is 0.508 e. The molecule has 6 rings (SSSR count). The van der Waals surface area contributed by atoms with E-state index in [0.29, 0.717) is 34.2 Å². The molecule has 0 spiro atoms. The molecule has 0 radical (unpaired) electrons. The monoisotopic (exact) mass is 1390 g/mol. The van der Waals surface area contributed by atoms with Crippen LogP contribution in [0.4, 0.5) is 0 Å². The molecule has 0 aliphatic rings. The highest BCUT2D eigenvalue weighted by molar-refractivity contribution is 5.99. The average molecular weight is 1390 g/mol. The van der Waals surface area contributed by atoms with Gasteiger partial charge in [0, 0.05) is 55.7 Å². The average Bonchev–Trinajstić information content (AvgIpc) is 1.78. The lowest BCUT2D eigenvalue weighted by atomic mass is 9.95. The molecule has 0 fully saturated rings. The van der Waals surface area contributed by atoms with Crippen LogP contribution in [0.25, 0.3) is 10.9 Å². The molecule has 0 bridgehead atoms. The van der Waals surface area contributed by atoms with Gasteiger partial charge in [-0.05, 0) is 95.2 Å². The number of aliphatic hydroxyl groups excluding tert-OH is 1. The fraction of sp³-hybridized carbons (Fsp3) is 0.411. The number of aromatic amines is 1. The lowest BCUT2D eigenvalue weighted by Gasteiger charge is -2.30. The highest BCUT2D eigenvalue weighted by Gasteiger charge is 2.38. The molecule has 6 aromatic rings. The van der Waals surface area contributed by atoms with Crippen molar-refractivity contribution in [1.82, 2.24) is 52.8 Å². The van der Waals surface area contributed by atoms with Crippen molar-refractivity contribution >= 4 is 76.0 Å². The number of nitrogens with two attached hydrogens (primary N) is 3. The van der Waals surface area contributed by atoms with Gasteiger partial charge in [0.15, 0.2) is 5.96 Å². The predicted molar refractivity (Wildman–Crippen MR) is 380 cm³/mol. The number of nitrogens with zero attached hydrogens (tertiary/aromatic N) is 1. The van der Waals surface area contributed by atoms with Gasteiger partial charge in [0.2, 0.25) is 53.2 Å². The van der Waals surface area contributed by atoms with E-state index in [-0.39, 0.29) is 81.3 Å². The van der Waals surface area contributed by atoms with E-state index in [1.165, 1.54) is 48.5 Å². The molecule has 0 aliphatic carbocycles. The molecule has 0 unspecified atom stereocenters. The normalized spacial score (nSPS) is 14.5. The third-order valence-corrected chi connectivity index (χ3v) is 17.1. The molecule has 11 atom stereocenters. The van der Waals surface area contributed by atoms with Crippen LogP contribution in [0.1, 0.15) is 95.0 Å². The number of aromatic hydroxyl groups is 2. The van der Waals surface area contributed by atoms with E-state index in [9.17, 15) is 58.8 Å². The van der Waals surface area contributed by atoms with Crippen LogP contribution in [-0.4, -0.2) is 164 Å². The molecule has 5 aromatic carbocycles. The number of aliphatic carboxylic acids is 1. The van der Waals surface area contributed by atoms with Crippen molar-refractivity contribution in [3.05, 3.63) is 167 Å². The third kappa shape index (κ3) is 25.1. The summed E-state index contributed by atoms with van der Waals surface area (Å²) in [7, 11) is 0. The molecule has 1 aromatic heterocycles. The number of carboxylic acids is 1. The van der Waals surface area contributed by atoms with Crippen LogP contribution in [0.5, 0.6) is 11.5 Å². The number of H-pyrrole nitrogens is 1. The number of hydrogen-bond donors (Lipinski definition) is 17. The first-order chi connectivity index (χ1) is 48.1. The zero-order valence-corrected chi connectivity index (χ0v) is 57.6. The van der Waals surface area contributed by atoms with Crippen molar-refractivity contribution in [2.24, 2.45) is 39.9 Å². The lowest BCUT2D eigenvalue weighted by molar-refractivity contribution is -0.143. The van der Waals surface area contributed by atoms with Gasteiger partial charge in [-0.1, -0.05) is 151 Å². The zero-order chi connectivity index (χ0) is 73.9. The van der Waals surface area contributed by atoms with E-state index < -0.39 is 138 Å². The molecule has 28 heteroatoms. The van der Waals surface area contributed by atoms with Gasteiger partial charge in [0.25, 0.3) is 0 Å². The van der Waals surface area contributed by atoms with E-state index in [1.807, 2.05) is 18.2 Å². The SMILES string of the molecule is CC[C@H](C)[C@H](NC(=O)[C@H](Cc1ccc(O)cc1)NC(=O)[C@H](Cc1ccccc1)NC(=O)[C@@H](N)CO)C(=O)N[C@@H](CC(C)C)C(=O)N[C@@H](CCCN=C(N)N)C(=O)N[C@@H](Cc1ccc(O)cc1)C(=O)N[C@@H](Cc1ccccc1)C(=O)N[C@@H](Cc1c[nH]c2ccccc12)C(=O)N[C@H](C(=O)O)C(C)C.